The minimum absolute atomic E-state index is 0.169. The largest absolute Gasteiger partial charge is 0.494 e. The SMILES string of the molecule is COc1ccc(C)cc1-n1nnnc1S[C@H](C)C(=O)N[C@H](C)c1ccc(F)cc1. The number of halogens is 1. The summed E-state index contributed by atoms with van der Waals surface area (Å²) < 4.78 is 20.1. The Bertz CT molecular complexity index is 993. The van der Waals surface area contributed by atoms with Gasteiger partial charge in [-0.2, -0.15) is 4.68 Å². The second-order valence-electron chi connectivity index (χ2n) is 6.59. The number of nitrogens with one attached hydrogen (secondary N) is 1. The first kappa shape index (κ1) is 20.8. The van der Waals surface area contributed by atoms with Gasteiger partial charge in [0, 0.05) is 0 Å². The number of tetrazole rings is 1. The van der Waals surface area contributed by atoms with Gasteiger partial charge in [0.05, 0.1) is 18.4 Å². The third-order valence-electron chi connectivity index (χ3n) is 4.38. The third-order valence-corrected chi connectivity index (χ3v) is 5.42. The third kappa shape index (κ3) is 4.92. The van der Waals surface area contributed by atoms with Crippen LogP contribution in [0, 0.1) is 12.7 Å². The zero-order valence-electron chi connectivity index (χ0n) is 16.6. The Labute approximate surface area is 172 Å². The molecule has 0 aliphatic heterocycles. The summed E-state index contributed by atoms with van der Waals surface area (Å²) in [6.07, 6.45) is 0. The van der Waals surface area contributed by atoms with Crippen molar-refractivity contribution < 1.29 is 13.9 Å². The monoisotopic (exact) mass is 415 g/mol. The van der Waals surface area contributed by atoms with Crippen molar-refractivity contribution in [2.24, 2.45) is 0 Å². The van der Waals surface area contributed by atoms with Crippen molar-refractivity contribution in [2.75, 3.05) is 7.11 Å². The number of thioether (sulfide) groups is 1. The highest BCUT2D eigenvalue weighted by molar-refractivity contribution is 8.00. The molecule has 29 heavy (non-hydrogen) atoms. The maximum atomic E-state index is 13.1. The number of aryl methyl sites for hydroxylation is 1. The quantitative estimate of drug-likeness (QED) is 0.595. The minimum atomic E-state index is -0.446. The van der Waals surface area contributed by atoms with E-state index in [0.29, 0.717) is 16.6 Å². The van der Waals surface area contributed by atoms with Crippen molar-refractivity contribution in [2.45, 2.75) is 37.2 Å². The molecular weight excluding hydrogens is 393 g/mol. The van der Waals surface area contributed by atoms with E-state index in [1.807, 2.05) is 32.0 Å². The minimum Gasteiger partial charge on any atom is -0.494 e. The number of hydrogen-bond donors (Lipinski definition) is 1. The predicted molar refractivity (Wildman–Crippen MR) is 109 cm³/mol. The smallest absolute Gasteiger partial charge is 0.233 e. The standard InChI is InChI=1S/C20H22FN5O2S/c1-12-5-10-18(28-4)17(11-12)26-20(23-24-25-26)29-14(3)19(27)22-13(2)15-6-8-16(21)9-7-15/h5-11,13-14H,1-4H3,(H,22,27)/t13-,14-/m1/s1. The van der Waals surface area contributed by atoms with Gasteiger partial charge < -0.3 is 10.1 Å². The molecule has 9 heteroatoms. The fourth-order valence-electron chi connectivity index (χ4n) is 2.75. The molecule has 0 aliphatic rings. The Morgan fingerprint density at radius 2 is 1.93 bits per heavy atom. The maximum absolute atomic E-state index is 13.1. The van der Waals surface area contributed by atoms with Crippen molar-refractivity contribution in [1.82, 2.24) is 25.5 Å². The van der Waals surface area contributed by atoms with Gasteiger partial charge >= 0.3 is 0 Å². The van der Waals surface area contributed by atoms with Crippen LogP contribution in [0.3, 0.4) is 0 Å². The number of amides is 1. The van der Waals surface area contributed by atoms with Crippen molar-refractivity contribution in [3.8, 4) is 11.4 Å². The number of benzene rings is 2. The first-order valence-corrected chi connectivity index (χ1v) is 9.93. The Hall–Kier alpha value is -2.94. The molecule has 0 fully saturated rings. The van der Waals surface area contributed by atoms with Crippen LogP contribution in [0.2, 0.25) is 0 Å². The molecule has 0 spiro atoms. The summed E-state index contributed by atoms with van der Waals surface area (Å²) in [5.41, 5.74) is 2.56. The zero-order chi connectivity index (χ0) is 21.0. The molecule has 1 amide bonds. The lowest BCUT2D eigenvalue weighted by Crippen LogP contribution is -2.33. The number of hydrogen-bond acceptors (Lipinski definition) is 6. The van der Waals surface area contributed by atoms with Crippen LogP contribution in [0.4, 0.5) is 4.39 Å². The van der Waals surface area contributed by atoms with Gasteiger partial charge in [-0.1, -0.05) is 30.0 Å². The Morgan fingerprint density at radius 3 is 2.62 bits per heavy atom. The molecule has 1 aromatic heterocycles. The maximum Gasteiger partial charge on any atom is 0.233 e. The lowest BCUT2D eigenvalue weighted by Gasteiger charge is -2.17. The number of carbonyl (C=O) groups excluding carboxylic acids is 1. The van der Waals surface area contributed by atoms with E-state index in [2.05, 4.69) is 20.8 Å². The van der Waals surface area contributed by atoms with Gasteiger partial charge in [-0.15, -0.1) is 5.10 Å². The molecule has 7 nitrogen and oxygen atoms in total. The molecule has 0 saturated carbocycles. The number of methoxy groups -OCH3 is 1. The predicted octanol–water partition coefficient (Wildman–Crippen LogP) is 3.48. The highest BCUT2D eigenvalue weighted by Gasteiger charge is 2.22. The lowest BCUT2D eigenvalue weighted by molar-refractivity contribution is -0.120. The molecule has 1 N–H and O–H groups in total. The fourth-order valence-corrected chi connectivity index (χ4v) is 3.56. The number of nitrogens with zero attached hydrogens (tertiary/aromatic N) is 4. The van der Waals surface area contributed by atoms with Crippen LogP contribution in [0.15, 0.2) is 47.6 Å². The van der Waals surface area contributed by atoms with Crippen LogP contribution in [-0.4, -0.2) is 38.5 Å². The summed E-state index contributed by atoms with van der Waals surface area (Å²) in [7, 11) is 1.58. The van der Waals surface area contributed by atoms with Crippen LogP contribution >= 0.6 is 11.8 Å². The number of rotatable bonds is 7. The van der Waals surface area contributed by atoms with Gasteiger partial charge in [-0.3, -0.25) is 4.79 Å². The van der Waals surface area contributed by atoms with Crippen LogP contribution in [0.1, 0.15) is 31.0 Å². The molecule has 152 valence electrons. The lowest BCUT2D eigenvalue weighted by atomic mass is 10.1. The van der Waals surface area contributed by atoms with E-state index in [-0.39, 0.29) is 17.8 Å². The topological polar surface area (TPSA) is 81.9 Å². The molecule has 0 aliphatic carbocycles. The molecule has 1 heterocycles. The molecule has 2 atom stereocenters. The molecule has 0 bridgehead atoms. The molecule has 0 saturated heterocycles. The normalized spacial score (nSPS) is 13.0. The summed E-state index contributed by atoms with van der Waals surface area (Å²) in [4.78, 5) is 12.6. The van der Waals surface area contributed by atoms with Crippen LogP contribution in [0.5, 0.6) is 5.75 Å². The number of ether oxygens (including phenoxy) is 1. The van der Waals surface area contributed by atoms with E-state index in [9.17, 15) is 9.18 Å². The van der Waals surface area contributed by atoms with Gasteiger partial charge in [-0.25, -0.2) is 4.39 Å². The zero-order valence-corrected chi connectivity index (χ0v) is 17.4. The summed E-state index contributed by atoms with van der Waals surface area (Å²) >= 11 is 1.24. The van der Waals surface area contributed by atoms with Gasteiger partial charge in [0.1, 0.15) is 17.3 Å². The molecule has 3 rings (SSSR count). The van der Waals surface area contributed by atoms with Crippen LogP contribution in [-0.2, 0) is 4.79 Å². The van der Waals surface area contributed by atoms with E-state index in [1.54, 1.807) is 30.8 Å². The van der Waals surface area contributed by atoms with E-state index < -0.39 is 5.25 Å². The summed E-state index contributed by atoms with van der Waals surface area (Å²) in [5.74, 6) is 0.152. The second-order valence-corrected chi connectivity index (χ2v) is 7.90. The molecular formula is C20H22FN5O2S. The van der Waals surface area contributed by atoms with E-state index in [4.69, 9.17) is 4.74 Å². The highest BCUT2D eigenvalue weighted by atomic mass is 32.2. The first-order valence-electron chi connectivity index (χ1n) is 9.05. The summed E-state index contributed by atoms with van der Waals surface area (Å²) in [6, 6.07) is 11.5. The molecule has 0 radical (unpaired) electrons. The van der Waals surface area contributed by atoms with Crippen LogP contribution < -0.4 is 10.1 Å². The van der Waals surface area contributed by atoms with Gasteiger partial charge in [0.15, 0.2) is 0 Å². The second kappa shape index (κ2) is 9.04. The first-order chi connectivity index (χ1) is 13.9. The molecule has 0 unspecified atom stereocenters. The van der Waals surface area contributed by atoms with Crippen molar-refractivity contribution in [3.63, 3.8) is 0 Å². The molecule has 3 aromatic rings. The van der Waals surface area contributed by atoms with Crippen molar-refractivity contribution in [1.29, 1.82) is 0 Å². The Kier molecular flexibility index (Phi) is 6.48. The number of carbonyl (C=O) groups is 1. The van der Waals surface area contributed by atoms with Gasteiger partial charge in [0.25, 0.3) is 0 Å². The van der Waals surface area contributed by atoms with Crippen LogP contribution in [0.25, 0.3) is 5.69 Å². The van der Waals surface area contributed by atoms with Gasteiger partial charge in [0.2, 0.25) is 11.1 Å². The van der Waals surface area contributed by atoms with E-state index in [0.717, 1.165) is 11.1 Å². The fraction of sp³-hybridized carbons (Fsp3) is 0.300. The van der Waals surface area contributed by atoms with E-state index >= 15 is 0 Å². The molecule has 2 aromatic carbocycles. The van der Waals surface area contributed by atoms with Gasteiger partial charge in [-0.05, 0) is 66.6 Å². The van der Waals surface area contributed by atoms with Crippen molar-refractivity contribution >= 4 is 17.7 Å². The summed E-state index contributed by atoms with van der Waals surface area (Å²) in [6.45, 7) is 5.60. The Morgan fingerprint density at radius 1 is 1.21 bits per heavy atom. The van der Waals surface area contributed by atoms with E-state index in [1.165, 1.54) is 23.9 Å². The average Bonchev–Trinajstić information content (AvgIpc) is 3.16. The van der Waals surface area contributed by atoms with Crippen molar-refractivity contribution in [3.05, 3.63) is 59.4 Å². The average molecular weight is 415 g/mol. The summed E-state index contributed by atoms with van der Waals surface area (Å²) in [5, 5.41) is 14.8. The Balaban J connectivity index is 1.72. The number of aromatic nitrogens is 4. The highest BCUT2D eigenvalue weighted by Crippen LogP contribution is 2.29.